The zero-order chi connectivity index (χ0) is 18.9. The number of carbonyl (C=O) groups is 1. The Labute approximate surface area is 149 Å². The van der Waals surface area contributed by atoms with Crippen molar-refractivity contribution in [1.82, 2.24) is 0 Å². The zero-order valence-electron chi connectivity index (χ0n) is 14.8. The number of carbonyl (C=O) groups excluding carboxylic acids is 1. The molecule has 0 saturated carbocycles. The Hall–Kier alpha value is -2.05. The molecule has 2 rings (SSSR count). The summed E-state index contributed by atoms with van der Waals surface area (Å²) in [5, 5.41) is 25.1. The monoisotopic (exact) mass is 348 g/mol. The van der Waals surface area contributed by atoms with Crippen LogP contribution in [0.4, 0.5) is 0 Å². The second-order valence-corrected chi connectivity index (χ2v) is 4.77. The fourth-order valence-corrected chi connectivity index (χ4v) is 1.75. The third kappa shape index (κ3) is 10.4. The van der Waals surface area contributed by atoms with Crippen LogP contribution in [0.5, 0.6) is 0 Å². The van der Waals surface area contributed by atoms with E-state index in [0.717, 1.165) is 13.2 Å². The molecule has 138 valence electrons. The lowest BCUT2D eigenvalue weighted by atomic mass is 10.0. The Bertz CT molecular complexity index is 539. The summed E-state index contributed by atoms with van der Waals surface area (Å²) in [6.07, 6.45) is -1.08. The molecule has 0 amide bonds. The van der Waals surface area contributed by atoms with Crippen LogP contribution in [0.3, 0.4) is 0 Å². The molecule has 0 aliphatic carbocycles. The number of rotatable bonds is 6. The van der Waals surface area contributed by atoms with Gasteiger partial charge in [0.05, 0.1) is 13.2 Å². The topological polar surface area (TPSA) is 87.0 Å². The molecule has 3 N–H and O–H groups in total. The van der Waals surface area contributed by atoms with E-state index in [-0.39, 0.29) is 19.0 Å². The van der Waals surface area contributed by atoms with E-state index in [1.807, 2.05) is 26.0 Å². The van der Waals surface area contributed by atoms with E-state index < -0.39 is 6.10 Å². The molecule has 0 bridgehead atoms. The Morgan fingerprint density at radius 1 is 0.880 bits per heavy atom. The van der Waals surface area contributed by atoms with Crippen LogP contribution in [0, 0.1) is 0 Å². The van der Waals surface area contributed by atoms with E-state index in [2.05, 4.69) is 0 Å². The van der Waals surface area contributed by atoms with Crippen molar-refractivity contribution in [2.75, 3.05) is 26.4 Å². The van der Waals surface area contributed by atoms with Gasteiger partial charge in [0.1, 0.15) is 6.10 Å². The molecule has 0 spiro atoms. The number of ketones is 1. The highest BCUT2D eigenvalue weighted by molar-refractivity contribution is 5.99. The number of Topliss-reactive ketones (excluding diaryl/α,β-unsaturated/α-hetero) is 1. The highest BCUT2D eigenvalue weighted by atomic mass is 16.5. The Morgan fingerprint density at radius 2 is 1.32 bits per heavy atom. The molecule has 1 atom stereocenters. The van der Waals surface area contributed by atoms with Crippen LogP contribution in [-0.2, 0) is 4.74 Å². The molecule has 0 fully saturated rings. The molecule has 0 aliphatic heterocycles. The van der Waals surface area contributed by atoms with Crippen LogP contribution < -0.4 is 0 Å². The Balaban J connectivity index is 0.000000536. The highest BCUT2D eigenvalue weighted by Crippen LogP contribution is 2.17. The van der Waals surface area contributed by atoms with Crippen molar-refractivity contribution in [2.45, 2.75) is 20.0 Å². The molecule has 0 radical (unpaired) electrons. The maximum Gasteiger partial charge on any atom is 0.195 e. The zero-order valence-corrected chi connectivity index (χ0v) is 14.8. The molecule has 0 heterocycles. The fraction of sp³-hybridized carbons (Fsp3) is 0.350. The van der Waals surface area contributed by atoms with E-state index in [0.29, 0.717) is 11.1 Å². The summed E-state index contributed by atoms with van der Waals surface area (Å²) in [6, 6.07) is 17.7. The number of ether oxygens (including phenoxy) is 1. The first-order valence-corrected chi connectivity index (χ1v) is 8.24. The van der Waals surface area contributed by atoms with Gasteiger partial charge in [0.25, 0.3) is 0 Å². The van der Waals surface area contributed by atoms with Gasteiger partial charge in [-0.05, 0) is 19.4 Å². The van der Waals surface area contributed by atoms with Crippen molar-refractivity contribution < 1.29 is 24.9 Å². The number of hydrogen-bond acceptors (Lipinski definition) is 5. The summed E-state index contributed by atoms with van der Waals surface area (Å²) < 4.78 is 4.83. The largest absolute Gasteiger partial charge is 0.394 e. The van der Waals surface area contributed by atoms with Crippen molar-refractivity contribution in [3.8, 4) is 0 Å². The van der Waals surface area contributed by atoms with Crippen molar-refractivity contribution in [1.29, 1.82) is 0 Å². The van der Waals surface area contributed by atoms with Crippen molar-refractivity contribution >= 4 is 5.78 Å². The first-order chi connectivity index (χ1) is 12.1. The van der Waals surface area contributed by atoms with Gasteiger partial charge >= 0.3 is 0 Å². The lowest BCUT2D eigenvalue weighted by Crippen LogP contribution is -2.11. The van der Waals surface area contributed by atoms with Gasteiger partial charge in [-0.25, -0.2) is 0 Å². The molecule has 5 nitrogen and oxygen atoms in total. The average molecular weight is 348 g/mol. The molecular weight excluding hydrogens is 320 g/mol. The molecule has 2 aromatic carbocycles. The van der Waals surface area contributed by atoms with E-state index in [1.165, 1.54) is 0 Å². The lowest BCUT2D eigenvalue weighted by Gasteiger charge is -2.09. The molecule has 0 aliphatic rings. The molecule has 25 heavy (non-hydrogen) atoms. The van der Waals surface area contributed by atoms with Crippen LogP contribution in [0.1, 0.15) is 35.9 Å². The van der Waals surface area contributed by atoms with Crippen LogP contribution in [-0.4, -0.2) is 47.5 Å². The second-order valence-electron chi connectivity index (χ2n) is 4.77. The van der Waals surface area contributed by atoms with Gasteiger partial charge in [-0.3, -0.25) is 4.79 Å². The molecule has 0 saturated heterocycles. The molecular formula is C20H28O5. The smallest absolute Gasteiger partial charge is 0.195 e. The van der Waals surface area contributed by atoms with Crippen LogP contribution in [0.25, 0.3) is 0 Å². The predicted molar refractivity (Wildman–Crippen MR) is 98.5 cm³/mol. The van der Waals surface area contributed by atoms with Crippen LogP contribution >= 0.6 is 0 Å². The van der Waals surface area contributed by atoms with Gasteiger partial charge in [-0.15, -0.1) is 0 Å². The van der Waals surface area contributed by atoms with E-state index in [1.54, 1.807) is 48.5 Å². The first kappa shape index (κ1) is 22.9. The van der Waals surface area contributed by atoms with E-state index in [4.69, 9.17) is 14.9 Å². The number of hydrogen-bond donors (Lipinski definition) is 3. The van der Waals surface area contributed by atoms with Crippen molar-refractivity contribution in [3.63, 3.8) is 0 Å². The number of aliphatic hydroxyl groups excluding tert-OH is 3. The van der Waals surface area contributed by atoms with Gasteiger partial charge in [0.15, 0.2) is 5.78 Å². The van der Waals surface area contributed by atoms with Gasteiger partial charge in [-0.1, -0.05) is 60.7 Å². The Kier molecular flexibility index (Phi) is 14.2. The average Bonchev–Trinajstić information content (AvgIpc) is 2.69. The van der Waals surface area contributed by atoms with E-state index >= 15 is 0 Å². The predicted octanol–water partition coefficient (Wildman–Crippen LogP) is 2.62. The summed E-state index contributed by atoms with van der Waals surface area (Å²) in [7, 11) is 0. The fourth-order valence-electron chi connectivity index (χ4n) is 1.75. The SMILES string of the molecule is CCOCC.O=C(c1ccccc1)C(O)c1ccccc1.OCCO. The number of aliphatic hydroxyl groups is 3. The van der Waals surface area contributed by atoms with Crippen LogP contribution in [0.15, 0.2) is 60.7 Å². The minimum Gasteiger partial charge on any atom is -0.394 e. The summed E-state index contributed by atoms with van der Waals surface area (Å²) in [5.41, 5.74) is 1.15. The second kappa shape index (κ2) is 15.5. The van der Waals surface area contributed by atoms with Gasteiger partial charge in [0, 0.05) is 18.8 Å². The van der Waals surface area contributed by atoms with Crippen molar-refractivity contribution in [2.24, 2.45) is 0 Å². The lowest BCUT2D eigenvalue weighted by molar-refractivity contribution is 0.0747. The summed E-state index contributed by atoms with van der Waals surface area (Å²) in [5.74, 6) is -0.271. The molecule has 2 aromatic rings. The third-order valence-corrected chi connectivity index (χ3v) is 2.93. The summed E-state index contributed by atoms with van der Waals surface area (Å²) in [6.45, 7) is 5.42. The Morgan fingerprint density at radius 3 is 1.68 bits per heavy atom. The van der Waals surface area contributed by atoms with E-state index in [9.17, 15) is 9.90 Å². The number of benzene rings is 2. The maximum absolute atomic E-state index is 11.9. The van der Waals surface area contributed by atoms with Crippen LogP contribution in [0.2, 0.25) is 0 Å². The third-order valence-electron chi connectivity index (χ3n) is 2.93. The minimum atomic E-state index is -1.08. The van der Waals surface area contributed by atoms with Gasteiger partial charge in [-0.2, -0.15) is 0 Å². The summed E-state index contributed by atoms with van der Waals surface area (Å²) >= 11 is 0. The maximum atomic E-state index is 11.9. The molecule has 5 heteroatoms. The molecule has 0 aromatic heterocycles. The highest BCUT2D eigenvalue weighted by Gasteiger charge is 2.18. The van der Waals surface area contributed by atoms with Gasteiger partial charge in [0.2, 0.25) is 0 Å². The first-order valence-electron chi connectivity index (χ1n) is 8.24. The quantitative estimate of drug-likeness (QED) is 0.699. The standard InChI is InChI=1S/C14H12O2.C4H10O.C2H6O2/c15-13(11-7-3-1-4-8-11)14(16)12-9-5-2-6-10-12;1-3-5-4-2;3-1-2-4/h1-10,13,15H;3-4H2,1-2H3;3-4H,1-2H2. The normalized spacial score (nSPS) is 10.6. The van der Waals surface area contributed by atoms with Crippen molar-refractivity contribution in [3.05, 3.63) is 71.8 Å². The summed E-state index contributed by atoms with van der Waals surface area (Å²) in [4.78, 5) is 11.9. The minimum absolute atomic E-state index is 0.125. The van der Waals surface area contributed by atoms with Gasteiger partial charge < -0.3 is 20.1 Å². The molecule has 1 unspecified atom stereocenters.